The molecule has 1 saturated carbocycles. The molecule has 2 aliphatic heterocycles. The molecule has 2 amide bonds. The fourth-order valence-electron chi connectivity index (χ4n) is 6.12. The fourth-order valence-corrected chi connectivity index (χ4v) is 6.12. The first kappa shape index (κ1) is 26.4. The number of nitrogens with zero attached hydrogens (tertiary/aromatic N) is 3. The van der Waals surface area contributed by atoms with E-state index >= 15 is 0 Å². The predicted molar refractivity (Wildman–Crippen MR) is 135 cm³/mol. The molecular weight excluding hydrogens is 458 g/mol. The number of ether oxygens (including phenoxy) is 3. The topological polar surface area (TPSA) is 92.1 Å². The van der Waals surface area contributed by atoms with Crippen molar-refractivity contribution in [2.45, 2.75) is 76.1 Å². The SMILES string of the molecule is CO[C@@H]1CC[C@H]2CCOc3c(C#N)cccc3C(=O)N(C)CC3(CCCCC3)CC(=O)N(C)C[C@@H]1O2. The zero-order valence-electron chi connectivity index (χ0n) is 21.8. The highest BCUT2D eigenvalue weighted by Crippen LogP contribution is 2.41. The van der Waals surface area contributed by atoms with E-state index < -0.39 is 0 Å². The van der Waals surface area contributed by atoms with Crippen molar-refractivity contribution in [1.29, 1.82) is 5.26 Å². The summed E-state index contributed by atoms with van der Waals surface area (Å²) in [4.78, 5) is 30.6. The molecule has 2 fully saturated rings. The molecule has 2 heterocycles. The molecule has 0 aromatic heterocycles. The van der Waals surface area contributed by atoms with E-state index in [9.17, 15) is 14.9 Å². The molecule has 1 aromatic carbocycles. The van der Waals surface area contributed by atoms with E-state index in [1.165, 1.54) is 0 Å². The lowest BCUT2D eigenvalue weighted by atomic mass is 9.71. The lowest BCUT2D eigenvalue weighted by molar-refractivity contribution is -0.152. The minimum atomic E-state index is -0.268. The quantitative estimate of drug-likeness (QED) is 0.587. The Hall–Kier alpha value is -2.63. The highest BCUT2D eigenvalue weighted by Gasteiger charge is 2.39. The van der Waals surface area contributed by atoms with Gasteiger partial charge in [0.2, 0.25) is 5.91 Å². The van der Waals surface area contributed by atoms with Crippen LogP contribution in [-0.2, 0) is 14.3 Å². The molecule has 3 atom stereocenters. The fraction of sp³-hybridized carbons (Fsp3) is 0.679. The van der Waals surface area contributed by atoms with Crippen molar-refractivity contribution in [2.24, 2.45) is 5.41 Å². The number of rotatable bonds is 1. The minimum Gasteiger partial charge on any atom is -0.491 e. The van der Waals surface area contributed by atoms with E-state index in [1.54, 1.807) is 42.2 Å². The molecule has 0 unspecified atom stereocenters. The summed E-state index contributed by atoms with van der Waals surface area (Å²) in [6.45, 7) is 1.29. The van der Waals surface area contributed by atoms with Crippen LogP contribution in [0.2, 0.25) is 0 Å². The second kappa shape index (κ2) is 11.6. The summed E-state index contributed by atoms with van der Waals surface area (Å²) >= 11 is 0. The first-order valence-electron chi connectivity index (χ1n) is 13.2. The Kier molecular flexibility index (Phi) is 8.53. The Morgan fingerprint density at radius 3 is 2.58 bits per heavy atom. The molecule has 196 valence electrons. The number of amides is 2. The number of methoxy groups -OCH3 is 1. The Morgan fingerprint density at radius 1 is 1.08 bits per heavy atom. The van der Waals surface area contributed by atoms with E-state index in [2.05, 4.69) is 6.07 Å². The lowest BCUT2D eigenvalue weighted by Crippen LogP contribution is -2.49. The van der Waals surface area contributed by atoms with E-state index in [1.807, 2.05) is 7.05 Å². The number of hydrogen-bond donors (Lipinski definition) is 0. The number of benzene rings is 1. The smallest absolute Gasteiger partial charge is 0.257 e. The molecular formula is C28H39N3O5. The van der Waals surface area contributed by atoms with E-state index in [4.69, 9.17) is 14.2 Å². The molecule has 1 aliphatic carbocycles. The van der Waals surface area contributed by atoms with Gasteiger partial charge in [-0.2, -0.15) is 5.26 Å². The van der Waals surface area contributed by atoms with Gasteiger partial charge in [0.1, 0.15) is 17.9 Å². The highest BCUT2D eigenvalue weighted by molar-refractivity contribution is 5.97. The van der Waals surface area contributed by atoms with Gasteiger partial charge in [-0.3, -0.25) is 9.59 Å². The third-order valence-electron chi connectivity index (χ3n) is 8.15. The maximum absolute atomic E-state index is 13.6. The van der Waals surface area contributed by atoms with Crippen LogP contribution in [0.3, 0.4) is 0 Å². The Bertz CT molecular complexity index is 984. The number of hydrogen-bond acceptors (Lipinski definition) is 6. The van der Waals surface area contributed by atoms with Gasteiger partial charge in [0, 0.05) is 47.1 Å². The first-order chi connectivity index (χ1) is 17.4. The van der Waals surface area contributed by atoms with Crippen molar-refractivity contribution in [3.63, 3.8) is 0 Å². The van der Waals surface area contributed by atoms with Gasteiger partial charge >= 0.3 is 0 Å². The first-order valence-corrected chi connectivity index (χ1v) is 13.2. The third kappa shape index (κ3) is 5.84. The van der Waals surface area contributed by atoms with Crippen LogP contribution in [-0.4, -0.2) is 80.8 Å². The zero-order valence-corrected chi connectivity index (χ0v) is 21.8. The molecule has 2 bridgehead atoms. The largest absolute Gasteiger partial charge is 0.491 e. The van der Waals surface area contributed by atoms with Crippen LogP contribution < -0.4 is 4.74 Å². The van der Waals surface area contributed by atoms with Crippen molar-refractivity contribution >= 4 is 11.8 Å². The number of carbonyl (C=O) groups is 2. The number of likely N-dealkylation sites (N-methyl/N-ethyl adjacent to an activating group) is 1. The third-order valence-corrected chi connectivity index (χ3v) is 8.15. The predicted octanol–water partition coefficient (Wildman–Crippen LogP) is 3.77. The Balaban J connectivity index is 1.68. The summed E-state index contributed by atoms with van der Waals surface area (Å²) in [6, 6.07) is 7.30. The van der Waals surface area contributed by atoms with Gasteiger partial charge in [0.15, 0.2) is 0 Å². The van der Waals surface area contributed by atoms with Crippen LogP contribution >= 0.6 is 0 Å². The van der Waals surface area contributed by atoms with E-state index in [-0.39, 0.29) is 35.5 Å². The monoisotopic (exact) mass is 497 g/mol. The average Bonchev–Trinajstić information content (AvgIpc) is 2.88. The van der Waals surface area contributed by atoms with Gasteiger partial charge < -0.3 is 24.0 Å². The molecule has 4 rings (SSSR count). The van der Waals surface area contributed by atoms with Crippen molar-refractivity contribution < 1.29 is 23.8 Å². The van der Waals surface area contributed by atoms with Gasteiger partial charge in [-0.05, 0) is 43.2 Å². The van der Waals surface area contributed by atoms with Crippen LogP contribution in [0.5, 0.6) is 5.75 Å². The molecule has 1 aromatic rings. The minimum absolute atomic E-state index is 0.0430. The van der Waals surface area contributed by atoms with Gasteiger partial charge in [-0.25, -0.2) is 0 Å². The number of carbonyl (C=O) groups excluding carboxylic acids is 2. The van der Waals surface area contributed by atoms with E-state index in [0.717, 1.165) is 44.9 Å². The molecule has 1 saturated heterocycles. The molecule has 36 heavy (non-hydrogen) atoms. The average molecular weight is 498 g/mol. The number of para-hydroxylation sites is 1. The van der Waals surface area contributed by atoms with Crippen LogP contribution in [0.15, 0.2) is 18.2 Å². The Labute approximate surface area is 214 Å². The molecule has 0 radical (unpaired) electrons. The van der Waals surface area contributed by atoms with Crippen LogP contribution in [0.4, 0.5) is 0 Å². The lowest BCUT2D eigenvalue weighted by Gasteiger charge is -2.42. The van der Waals surface area contributed by atoms with Gasteiger partial charge in [0.05, 0.1) is 29.9 Å². The highest BCUT2D eigenvalue weighted by atomic mass is 16.5. The normalized spacial score (nSPS) is 27.8. The standard InChI is InChI=1S/C28H39N3O5/c1-30-18-24-23(34-3)11-10-21(36-24)12-15-35-26-20(17-29)8-7-9-22(26)27(33)31(2)19-28(16-25(30)32)13-5-4-6-14-28/h7-9,21,23-24H,4-6,10-16,18-19H2,1-3H3/t21-,23+,24-/m0/s1. The molecule has 0 N–H and O–H groups in total. The van der Waals surface area contributed by atoms with Crippen LogP contribution in [0.1, 0.15) is 73.7 Å². The summed E-state index contributed by atoms with van der Waals surface area (Å²) in [5.74, 6) is 0.234. The second-order valence-electron chi connectivity index (χ2n) is 10.8. The summed E-state index contributed by atoms with van der Waals surface area (Å²) in [5.41, 5.74) is 0.469. The molecule has 8 heteroatoms. The van der Waals surface area contributed by atoms with Crippen molar-refractivity contribution in [3.05, 3.63) is 29.3 Å². The van der Waals surface area contributed by atoms with Crippen molar-refractivity contribution in [1.82, 2.24) is 9.80 Å². The van der Waals surface area contributed by atoms with Gasteiger partial charge in [-0.15, -0.1) is 0 Å². The second-order valence-corrected chi connectivity index (χ2v) is 10.8. The van der Waals surface area contributed by atoms with E-state index in [0.29, 0.717) is 49.4 Å². The summed E-state index contributed by atoms with van der Waals surface area (Å²) in [5, 5.41) is 9.70. The van der Waals surface area contributed by atoms with Crippen molar-refractivity contribution in [2.75, 3.05) is 40.9 Å². The number of nitriles is 1. The summed E-state index contributed by atoms with van der Waals surface area (Å²) < 4.78 is 18.2. The van der Waals surface area contributed by atoms with Gasteiger partial charge in [0.25, 0.3) is 5.91 Å². The van der Waals surface area contributed by atoms with Crippen LogP contribution in [0, 0.1) is 16.7 Å². The Morgan fingerprint density at radius 2 is 1.86 bits per heavy atom. The molecule has 8 nitrogen and oxygen atoms in total. The molecule has 3 aliphatic rings. The number of fused-ring (bicyclic) bond motifs is 3. The zero-order chi connectivity index (χ0) is 25.7. The van der Waals surface area contributed by atoms with Gasteiger partial charge in [-0.1, -0.05) is 25.3 Å². The summed E-state index contributed by atoms with van der Waals surface area (Å²) in [7, 11) is 5.34. The molecule has 1 spiro atoms. The van der Waals surface area contributed by atoms with Crippen molar-refractivity contribution in [3.8, 4) is 11.8 Å². The summed E-state index contributed by atoms with van der Waals surface area (Å²) in [6.07, 6.45) is 7.47. The maximum atomic E-state index is 13.6. The maximum Gasteiger partial charge on any atom is 0.257 e. The van der Waals surface area contributed by atoms with Crippen LogP contribution in [0.25, 0.3) is 0 Å².